The van der Waals surface area contributed by atoms with Crippen LogP contribution in [0.3, 0.4) is 0 Å². The molecule has 0 bridgehead atoms. The van der Waals surface area contributed by atoms with Crippen molar-refractivity contribution < 1.29 is 4.79 Å². The Morgan fingerprint density at radius 3 is 2.67 bits per heavy atom. The molecule has 0 fully saturated rings. The molecule has 1 amide bonds. The molecule has 0 saturated heterocycles. The first-order chi connectivity index (χ1) is 9.92. The number of carbonyl (C=O) groups excluding carboxylic acids is 1. The monoisotopic (exact) mass is 307 g/mol. The van der Waals surface area contributed by atoms with Crippen molar-refractivity contribution in [1.82, 2.24) is 20.1 Å². The first kappa shape index (κ1) is 15.3. The second-order valence-corrected chi connectivity index (χ2v) is 5.16. The largest absolute Gasteiger partial charge is 0.373 e. The van der Waals surface area contributed by atoms with Gasteiger partial charge >= 0.3 is 0 Å². The quantitative estimate of drug-likeness (QED) is 0.848. The van der Waals surface area contributed by atoms with Crippen LogP contribution in [0, 0.1) is 13.8 Å². The van der Waals surface area contributed by atoms with Gasteiger partial charge in [-0.25, -0.2) is 4.98 Å². The summed E-state index contributed by atoms with van der Waals surface area (Å²) in [6, 6.07) is 3.20. The van der Waals surface area contributed by atoms with Crippen molar-refractivity contribution in [3.8, 4) is 0 Å². The van der Waals surface area contributed by atoms with Crippen LogP contribution in [-0.4, -0.2) is 27.7 Å². The van der Waals surface area contributed by atoms with Gasteiger partial charge in [-0.3, -0.25) is 9.48 Å². The Kier molecular flexibility index (Phi) is 4.47. The van der Waals surface area contributed by atoms with Crippen LogP contribution < -0.4 is 10.6 Å². The van der Waals surface area contributed by atoms with E-state index in [1.807, 2.05) is 20.9 Å². The number of nitrogens with zero attached hydrogens (tertiary/aromatic N) is 3. The molecule has 2 aromatic rings. The molecule has 0 spiro atoms. The third-order valence-electron chi connectivity index (χ3n) is 3.40. The maximum atomic E-state index is 12.2. The van der Waals surface area contributed by atoms with Crippen molar-refractivity contribution in [1.29, 1.82) is 0 Å². The van der Waals surface area contributed by atoms with Crippen molar-refractivity contribution in [2.24, 2.45) is 7.05 Å². The lowest BCUT2D eigenvalue weighted by molar-refractivity contribution is 0.0951. The molecule has 0 atom stereocenters. The number of hydrogen-bond donors (Lipinski definition) is 2. The second-order valence-electron chi connectivity index (χ2n) is 4.77. The molecule has 0 radical (unpaired) electrons. The second kappa shape index (κ2) is 6.13. The first-order valence-electron chi connectivity index (χ1n) is 6.55. The molecule has 0 aliphatic carbocycles. The van der Waals surface area contributed by atoms with Crippen molar-refractivity contribution in [3.63, 3.8) is 0 Å². The van der Waals surface area contributed by atoms with Crippen LogP contribution in [0.2, 0.25) is 5.15 Å². The zero-order chi connectivity index (χ0) is 15.6. The number of pyridine rings is 1. The van der Waals surface area contributed by atoms with Gasteiger partial charge in [0, 0.05) is 37.5 Å². The summed E-state index contributed by atoms with van der Waals surface area (Å²) in [6.07, 6.45) is 0. The molecular weight excluding hydrogens is 290 g/mol. The van der Waals surface area contributed by atoms with E-state index in [9.17, 15) is 4.79 Å². The highest BCUT2D eigenvalue weighted by molar-refractivity contribution is 6.29. The number of nitrogens with one attached hydrogen (secondary N) is 2. The van der Waals surface area contributed by atoms with Crippen molar-refractivity contribution >= 4 is 23.3 Å². The summed E-state index contributed by atoms with van der Waals surface area (Å²) in [4.78, 5) is 16.3. The average molecular weight is 308 g/mol. The van der Waals surface area contributed by atoms with Gasteiger partial charge in [-0.05, 0) is 26.0 Å². The van der Waals surface area contributed by atoms with Gasteiger partial charge in [0.15, 0.2) is 0 Å². The summed E-state index contributed by atoms with van der Waals surface area (Å²) in [5.74, 6) is 0.361. The van der Waals surface area contributed by atoms with Gasteiger partial charge in [0.25, 0.3) is 5.91 Å². The number of amides is 1. The lowest BCUT2D eigenvalue weighted by Gasteiger charge is -2.08. The van der Waals surface area contributed by atoms with E-state index in [1.165, 1.54) is 0 Å². The maximum absolute atomic E-state index is 12.2. The number of rotatable bonds is 4. The lowest BCUT2D eigenvalue weighted by atomic mass is 10.2. The van der Waals surface area contributed by atoms with E-state index in [-0.39, 0.29) is 11.1 Å². The molecule has 21 heavy (non-hydrogen) atoms. The third kappa shape index (κ3) is 3.33. The fraction of sp³-hybridized carbons (Fsp3) is 0.357. The Labute approximate surface area is 128 Å². The number of anilines is 1. The average Bonchev–Trinajstić information content (AvgIpc) is 2.69. The minimum Gasteiger partial charge on any atom is -0.373 e. The van der Waals surface area contributed by atoms with Gasteiger partial charge in [-0.1, -0.05) is 11.6 Å². The van der Waals surface area contributed by atoms with E-state index in [0.717, 1.165) is 17.0 Å². The first-order valence-corrected chi connectivity index (χ1v) is 6.92. The van der Waals surface area contributed by atoms with Crippen LogP contribution in [0.4, 0.5) is 5.82 Å². The Morgan fingerprint density at radius 2 is 2.10 bits per heavy atom. The molecule has 2 N–H and O–H groups in total. The zero-order valence-corrected chi connectivity index (χ0v) is 13.2. The summed E-state index contributed by atoms with van der Waals surface area (Å²) in [5, 5.41) is 10.4. The summed E-state index contributed by atoms with van der Waals surface area (Å²) in [6.45, 7) is 4.33. The highest BCUT2D eigenvalue weighted by Gasteiger charge is 2.13. The fourth-order valence-electron chi connectivity index (χ4n) is 2.10. The summed E-state index contributed by atoms with van der Waals surface area (Å²) in [7, 11) is 3.61. The predicted octanol–water partition coefficient (Wildman–Crippen LogP) is 2.06. The van der Waals surface area contributed by atoms with Gasteiger partial charge in [0.1, 0.15) is 11.0 Å². The molecule has 6 nitrogen and oxygen atoms in total. The van der Waals surface area contributed by atoms with Crippen LogP contribution in [0.5, 0.6) is 0 Å². The van der Waals surface area contributed by atoms with Crippen molar-refractivity contribution in [2.45, 2.75) is 20.4 Å². The molecule has 2 aromatic heterocycles. The lowest BCUT2D eigenvalue weighted by Crippen LogP contribution is -2.23. The van der Waals surface area contributed by atoms with Crippen LogP contribution in [0.15, 0.2) is 12.1 Å². The maximum Gasteiger partial charge on any atom is 0.251 e. The molecule has 0 aromatic carbocycles. The Bertz CT molecular complexity index is 680. The van der Waals surface area contributed by atoms with E-state index in [2.05, 4.69) is 20.7 Å². The Morgan fingerprint density at radius 1 is 1.38 bits per heavy atom. The molecule has 0 unspecified atom stereocenters. The SMILES string of the molecule is CNc1cc(C(=O)NCc2c(C)nn(C)c2C)cc(Cl)n1. The van der Waals surface area contributed by atoms with E-state index >= 15 is 0 Å². The predicted molar refractivity (Wildman–Crippen MR) is 82.6 cm³/mol. The van der Waals surface area contributed by atoms with E-state index in [0.29, 0.717) is 17.9 Å². The Balaban J connectivity index is 2.13. The van der Waals surface area contributed by atoms with Gasteiger partial charge in [0.2, 0.25) is 0 Å². The number of carbonyl (C=O) groups is 1. The van der Waals surface area contributed by atoms with Crippen LogP contribution in [0.1, 0.15) is 27.3 Å². The summed E-state index contributed by atoms with van der Waals surface area (Å²) < 4.78 is 1.80. The fourth-order valence-corrected chi connectivity index (χ4v) is 2.31. The highest BCUT2D eigenvalue weighted by atomic mass is 35.5. The van der Waals surface area contributed by atoms with Crippen LogP contribution >= 0.6 is 11.6 Å². The number of aryl methyl sites for hydroxylation is 2. The van der Waals surface area contributed by atoms with Crippen molar-refractivity contribution in [2.75, 3.05) is 12.4 Å². The van der Waals surface area contributed by atoms with Crippen molar-refractivity contribution in [3.05, 3.63) is 39.8 Å². The smallest absolute Gasteiger partial charge is 0.251 e. The molecule has 0 aliphatic rings. The zero-order valence-electron chi connectivity index (χ0n) is 12.5. The topological polar surface area (TPSA) is 71.8 Å². The van der Waals surface area contributed by atoms with Crippen LogP contribution in [-0.2, 0) is 13.6 Å². The van der Waals surface area contributed by atoms with Gasteiger partial charge < -0.3 is 10.6 Å². The van der Waals surface area contributed by atoms with Crippen LogP contribution in [0.25, 0.3) is 0 Å². The van der Waals surface area contributed by atoms with Gasteiger partial charge in [-0.15, -0.1) is 0 Å². The molecule has 0 aliphatic heterocycles. The normalized spacial score (nSPS) is 10.5. The molecule has 112 valence electrons. The van der Waals surface area contributed by atoms with E-state index in [4.69, 9.17) is 11.6 Å². The van der Waals surface area contributed by atoms with Gasteiger partial charge in [-0.2, -0.15) is 5.10 Å². The molecule has 2 rings (SSSR count). The summed E-state index contributed by atoms with van der Waals surface area (Å²) >= 11 is 5.90. The molecule has 2 heterocycles. The third-order valence-corrected chi connectivity index (χ3v) is 3.59. The standard InChI is InChI=1S/C14H18ClN5O/c1-8-11(9(2)20(4)19-8)7-17-14(21)10-5-12(15)18-13(6-10)16-3/h5-6H,7H2,1-4H3,(H,16,18)(H,17,21). The molecular formula is C14H18ClN5O. The number of halogens is 1. The Hall–Kier alpha value is -2.08. The number of hydrogen-bond acceptors (Lipinski definition) is 4. The molecule has 0 saturated carbocycles. The minimum absolute atomic E-state index is 0.196. The minimum atomic E-state index is -0.196. The molecule has 7 heteroatoms. The van der Waals surface area contributed by atoms with Gasteiger partial charge in [0.05, 0.1) is 5.69 Å². The highest BCUT2D eigenvalue weighted by Crippen LogP contribution is 2.15. The van der Waals surface area contributed by atoms with E-state index in [1.54, 1.807) is 23.9 Å². The summed E-state index contributed by atoms with van der Waals surface area (Å²) in [5.41, 5.74) is 3.45. The van der Waals surface area contributed by atoms with E-state index < -0.39 is 0 Å². The number of aromatic nitrogens is 3.